The first kappa shape index (κ1) is 10.2. The van der Waals surface area contributed by atoms with Gasteiger partial charge in [0.1, 0.15) is 6.17 Å². The first-order valence-corrected chi connectivity index (χ1v) is 6.17. The number of thioether (sulfide) groups is 1. The van der Waals surface area contributed by atoms with E-state index in [1.54, 1.807) is 0 Å². The van der Waals surface area contributed by atoms with E-state index in [9.17, 15) is 9.18 Å². The quantitative estimate of drug-likeness (QED) is 0.685. The number of nitrogens with zero attached hydrogens (tertiary/aromatic N) is 1. The third-order valence-electron chi connectivity index (χ3n) is 2.70. The minimum absolute atomic E-state index is 0.0884. The second kappa shape index (κ2) is 4.49. The molecule has 2 aliphatic rings. The Morgan fingerprint density at radius 3 is 2.71 bits per heavy atom. The van der Waals surface area contributed by atoms with Crippen molar-refractivity contribution in [2.45, 2.75) is 18.6 Å². The molecule has 0 spiro atoms. The summed E-state index contributed by atoms with van der Waals surface area (Å²) in [4.78, 5) is 13.7. The summed E-state index contributed by atoms with van der Waals surface area (Å²) in [5.41, 5.74) is 0. The molecule has 0 saturated carbocycles. The van der Waals surface area contributed by atoms with E-state index in [1.165, 1.54) is 0 Å². The Bertz CT molecular complexity index is 214. The second-order valence-corrected chi connectivity index (χ2v) is 4.96. The van der Waals surface area contributed by atoms with Crippen LogP contribution in [0.3, 0.4) is 0 Å². The van der Waals surface area contributed by atoms with Crippen LogP contribution in [0.25, 0.3) is 0 Å². The van der Waals surface area contributed by atoms with Crippen molar-refractivity contribution in [3.63, 3.8) is 0 Å². The van der Waals surface area contributed by atoms with E-state index in [-0.39, 0.29) is 11.9 Å². The van der Waals surface area contributed by atoms with Crippen LogP contribution in [0.4, 0.5) is 4.39 Å². The molecule has 2 aliphatic heterocycles. The summed E-state index contributed by atoms with van der Waals surface area (Å²) in [6, 6.07) is -0.270. The maximum atomic E-state index is 12.9. The molecule has 2 rings (SSSR count). The van der Waals surface area contributed by atoms with Crippen LogP contribution in [0.1, 0.15) is 6.42 Å². The van der Waals surface area contributed by atoms with Gasteiger partial charge in [-0.05, 0) is 0 Å². The van der Waals surface area contributed by atoms with Crippen molar-refractivity contribution in [3.05, 3.63) is 0 Å². The molecule has 2 fully saturated rings. The lowest BCUT2D eigenvalue weighted by molar-refractivity contribution is -0.132. The Morgan fingerprint density at radius 1 is 1.43 bits per heavy atom. The number of rotatable bonds is 1. The lowest BCUT2D eigenvalue weighted by Gasteiger charge is -2.28. The molecule has 3 nitrogen and oxygen atoms in total. The Kier molecular flexibility index (Phi) is 3.28. The van der Waals surface area contributed by atoms with E-state index < -0.39 is 6.17 Å². The van der Waals surface area contributed by atoms with Crippen LogP contribution in [0, 0.1) is 0 Å². The molecule has 5 heteroatoms. The third-order valence-corrected chi connectivity index (χ3v) is 3.64. The number of halogens is 1. The average Bonchev–Trinajstić information content (AvgIpc) is 2.65. The van der Waals surface area contributed by atoms with E-state index in [4.69, 9.17) is 0 Å². The molecule has 0 bridgehead atoms. The summed E-state index contributed by atoms with van der Waals surface area (Å²) in [5, 5.41) is 2.93. The van der Waals surface area contributed by atoms with E-state index in [0.717, 1.165) is 24.6 Å². The van der Waals surface area contributed by atoms with Gasteiger partial charge < -0.3 is 10.2 Å². The van der Waals surface area contributed by atoms with Crippen molar-refractivity contribution >= 4 is 17.7 Å². The van der Waals surface area contributed by atoms with Gasteiger partial charge >= 0.3 is 0 Å². The molecule has 0 aromatic carbocycles. The molecule has 0 aromatic heterocycles. The van der Waals surface area contributed by atoms with Gasteiger partial charge in [0, 0.05) is 37.6 Å². The predicted molar refractivity (Wildman–Crippen MR) is 55.2 cm³/mol. The van der Waals surface area contributed by atoms with E-state index in [0.29, 0.717) is 13.0 Å². The summed E-state index contributed by atoms with van der Waals surface area (Å²) in [7, 11) is 0. The zero-order chi connectivity index (χ0) is 9.97. The van der Waals surface area contributed by atoms with Crippen LogP contribution >= 0.6 is 11.8 Å². The van der Waals surface area contributed by atoms with Crippen LogP contribution < -0.4 is 5.32 Å². The van der Waals surface area contributed by atoms with Crippen LogP contribution in [-0.2, 0) is 4.79 Å². The first-order valence-electron chi connectivity index (χ1n) is 5.01. The summed E-state index contributed by atoms with van der Waals surface area (Å²) in [6.07, 6.45) is -0.495. The van der Waals surface area contributed by atoms with Gasteiger partial charge in [0.25, 0.3) is 0 Å². The van der Waals surface area contributed by atoms with E-state index >= 15 is 0 Å². The summed E-state index contributed by atoms with van der Waals surface area (Å²) in [5.74, 6) is 2.11. The summed E-state index contributed by atoms with van der Waals surface area (Å²) >= 11 is 1.87. The van der Waals surface area contributed by atoms with Gasteiger partial charge in [-0.15, -0.1) is 0 Å². The fraction of sp³-hybridized carbons (Fsp3) is 0.889. The number of hydrogen-bond acceptors (Lipinski definition) is 3. The Hall–Kier alpha value is -0.290. The Morgan fingerprint density at radius 2 is 2.14 bits per heavy atom. The predicted octanol–water partition coefficient (Wildman–Crippen LogP) is 0.262. The van der Waals surface area contributed by atoms with Crippen molar-refractivity contribution in [2.24, 2.45) is 0 Å². The molecule has 0 aromatic rings. The van der Waals surface area contributed by atoms with Gasteiger partial charge in [-0.2, -0.15) is 11.8 Å². The molecule has 14 heavy (non-hydrogen) atoms. The minimum Gasteiger partial charge on any atom is -0.340 e. The molecular weight excluding hydrogens is 203 g/mol. The number of hydrogen-bond donors (Lipinski definition) is 1. The number of nitrogens with one attached hydrogen (secondary N) is 1. The topological polar surface area (TPSA) is 32.3 Å². The van der Waals surface area contributed by atoms with Gasteiger partial charge in [-0.25, -0.2) is 4.39 Å². The normalized spacial score (nSPS) is 33.4. The molecule has 0 radical (unpaired) electrons. The molecule has 2 heterocycles. The maximum absolute atomic E-state index is 12.9. The fourth-order valence-electron chi connectivity index (χ4n) is 1.88. The fourth-order valence-corrected chi connectivity index (χ4v) is 2.79. The minimum atomic E-state index is -0.844. The molecule has 0 unspecified atom stereocenters. The zero-order valence-electron chi connectivity index (χ0n) is 8.04. The largest absolute Gasteiger partial charge is 0.340 e. The molecule has 1 amide bonds. The Balaban J connectivity index is 1.87. The standard InChI is InChI=1S/C9H15FN2OS/c10-7-5-8(11-6-7)9(13)12-1-3-14-4-2-12/h7-8,11H,1-6H2/t7-,8-/m1/s1. The monoisotopic (exact) mass is 218 g/mol. The number of carbonyl (C=O) groups excluding carboxylic acids is 1. The molecule has 80 valence electrons. The van der Waals surface area contributed by atoms with Gasteiger partial charge in [-0.1, -0.05) is 0 Å². The van der Waals surface area contributed by atoms with Crippen molar-refractivity contribution in [1.29, 1.82) is 0 Å². The molecule has 1 N–H and O–H groups in total. The van der Waals surface area contributed by atoms with Gasteiger partial charge in [0.15, 0.2) is 0 Å². The van der Waals surface area contributed by atoms with Crippen molar-refractivity contribution in [2.75, 3.05) is 31.1 Å². The van der Waals surface area contributed by atoms with Gasteiger partial charge in [-0.3, -0.25) is 4.79 Å². The third kappa shape index (κ3) is 2.20. The highest BCUT2D eigenvalue weighted by atomic mass is 32.2. The molecule has 0 aliphatic carbocycles. The van der Waals surface area contributed by atoms with Gasteiger partial charge in [0.05, 0.1) is 6.04 Å². The number of carbonyl (C=O) groups is 1. The second-order valence-electron chi connectivity index (χ2n) is 3.73. The number of amides is 1. The van der Waals surface area contributed by atoms with Crippen molar-refractivity contribution in [1.82, 2.24) is 10.2 Å². The number of alkyl halides is 1. The lowest BCUT2D eigenvalue weighted by Crippen LogP contribution is -2.46. The van der Waals surface area contributed by atoms with E-state index in [2.05, 4.69) is 5.32 Å². The average molecular weight is 218 g/mol. The highest BCUT2D eigenvalue weighted by molar-refractivity contribution is 7.99. The van der Waals surface area contributed by atoms with Gasteiger partial charge in [0.2, 0.25) is 5.91 Å². The maximum Gasteiger partial charge on any atom is 0.239 e. The molecule has 2 atom stereocenters. The van der Waals surface area contributed by atoms with Crippen molar-refractivity contribution in [3.8, 4) is 0 Å². The summed E-state index contributed by atoms with van der Waals surface area (Å²) < 4.78 is 12.9. The smallest absolute Gasteiger partial charge is 0.239 e. The summed E-state index contributed by atoms with van der Waals surface area (Å²) in [6.45, 7) is 1.97. The molecular formula is C9H15FN2OS. The Labute approximate surface area is 87.4 Å². The highest BCUT2D eigenvalue weighted by Crippen LogP contribution is 2.15. The van der Waals surface area contributed by atoms with Crippen molar-refractivity contribution < 1.29 is 9.18 Å². The SMILES string of the molecule is O=C([C@H]1C[C@@H](F)CN1)N1CCSCC1. The van der Waals surface area contributed by atoms with Crippen LogP contribution in [0.5, 0.6) is 0 Å². The van der Waals surface area contributed by atoms with Crippen LogP contribution in [0.2, 0.25) is 0 Å². The van der Waals surface area contributed by atoms with Crippen LogP contribution in [0.15, 0.2) is 0 Å². The van der Waals surface area contributed by atoms with E-state index in [1.807, 2.05) is 16.7 Å². The highest BCUT2D eigenvalue weighted by Gasteiger charge is 2.32. The lowest BCUT2D eigenvalue weighted by atomic mass is 10.2. The molecule has 2 saturated heterocycles. The van der Waals surface area contributed by atoms with Crippen LogP contribution in [-0.4, -0.2) is 54.2 Å². The zero-order valence-corrected chi connectivity index (χ0v) is 8.86. The first-order chi connectivity index (χ1) is 6.77.